The van der Waals surface area contributed by atoms with Gasteiger partial charge in [0.05, 0.1) is 31.5 Å². The second kappa shape index (κ2) is 26.5. The van der Waals surface area contributed by atoms with Gasteiger partial charge in [0.15, 0.2) is 0 Å². The molecule has 6 atom stereocenters. The number of carboxylic acids is 1. The summed E-state index contributed by atoms with van der Waals surface area (Å²) in [5, 5.41) is 9.14. The fraction of sp³-hybridized carbons (Fsp3) is 0.483. The van der Waals surface area contributed by atoms with Crippen LogP contribution in [0.25, 0.3) is 0 Å². The van der Waals surface area contributed by atoms with Gasteiger partial charge in [0.25, 0.3) is 11.8 Å². The summed E-state index contributed by atoms with van der Waals surface area (Å²) in [5.41, 5.74) is 3.56. The summed E-state index contributed by atoms with van der Waals surface area (Å²) in [7, 11) is 0. The predicted molar refractivity (Wildman–Crippen MR) is 275 cm³/mol. The van der Waals surface area contributed by atoms with Crippen molar-refractivity contribution < 1.29 is 118 Å². The molecule has 4 aliphatic carbocycles. The number of carbonyl (C=O) groups is 6. The molecule has 4 amide bonds. The molecule has 6 aliphatic rings. The molecule has 0 bridgehead atoms. The minimum absolute atomic E-state index is 0. The van der Waals surface area contributed by atoms with Crippen LogP contribution in [-0.4, -0.2) is 99.4 Å². The SMILES string of the molecule is CCOC(=O)CCC(=O)N(C1CC1)C1c2cc(CF)ccc2N(C(=O)c2ccc(OC(F)(F)F)cc2)C2CCCC21.O=C(O)CCC(=O)N(C1CC1)C1c2cc(CF)ccc2N(C(=O)c2ccc(OC(F)(F)F)cc2)C2CCCC21.[Na+].[OH-]. The number of alkyl halides is 8. The van der Waals surface area contributed by atoms with E-state index >= 15 is 0 Å². The monoisotopic (exact) mass is 1160 g/mol. The zero-order valence-electron chi connectivity index (χ0n) is 45.1. The summed E-state index contributed by atoms with van der Waals surface area (Å²) < 4.78 is 116. The van der Waals surface area contributed by atoms with Crippen molar-refractivity contribution in [2.45, 2.75) is 159 Å². The van der Waals surface area contributed by atoms with E-state index in [4.69, 9.17) is 9.84 Å². The predicted octanol–water partition coefficient (Wildman–Crippen LogP) is 8.87. The van der Waals surface area contributed by atoms with E-state index in [-0.39, 0.29) is 132 Å². The van der Waals surface area contributed by atoms with E-state index in [9.17, 15) is 63.9 Å². The molecule has 2 aliphatic heterocycles. The molecule has 0 aromatic heterocycles. The molecule has 10 rings (SSSR count). The number of ether oxygens (including phenoxy) is 3. The Morgan fingerprint density at radius 1 is 0.561 bits per heavy atom. The number of anilines is 2. The molecule has 2 N–H and O–H groups in total. The minimum atomic E-state index is -4.85. The Bertz CT molecular complexity index is 2960. The van der Waals surface area contributed by atoms with Gasteiger partial charge in [-0.15, -0.1) is 26.3 Å². The summed E-state index contributed by atoms with van der Waals surface area (Å²) in [6.07, 6.45) is -2.54. The van der Waals surface area contributed by atoms with Crippen LogP contribution in [0.15, 0.2) is 84.9 Å². The van der Waals surface area contributed by atoms with Crippen LogP contribution < -0.4 is 48.8 Å². The molecule has 82 heavy (non-hydrogen) atoms. The molecule has 4 aromatic rings. The normalized spacial score (nSPS) is 21.3. The van der Waals surface area contributed by atoms with Crippen molar-refractivity contribution in [3.8, 4) is 11.5 Å². The summed E-state index contributed by atoms with van der Waals surface area (Å²) in [4.78, 5) is 84.8. The van der Waals surface area contributed by atoms with Crippen LogP contribution in [0.5, 0.6) is 11.5 Å². The molecule has 24 heteroatoms. The van der Waals surface area contributed by atoms with Crippen molar-refractivity contribution in [2.24, 2.45) is 11.8 Å². The van der Waals surface area contributed by atoms with E-state index in [0.29, 0.717) is 52.9 Å². The van der Waals surface area contributed by atoms with E-state index in [0.717, 1.165) is 69.2 Å². The second-order valence-electron chi connectivity index (χ2n) is 21.0. The molecule has 0 spiro atoms. The third kappa shape index (κ3) is 14.4. The van der Waals surface area contributed by atoms with Gasteiger partial charge in [0.2, 0.25) is 11.8 Å². The number of aliphatic carboxylic acids is 1. The molecule has 2 heterocycles. The van der Waals surface area contributed by atoms with Gasteiger partial charge in [-0.2, -0.15) is 0 Å². The largest absolute Gasteiger partial charge is 1.00 e. The fourth-order valence-electron chi connectivity index (χ4n) is 12.3. The average molecular weight is 1170 g/mol. The molecule has 0 radical (unpaired) electrons. The van der Waals surface area contributed by atoms with Crippen LogP contribution in [0, 0.1) is 11.8 Å². The first-order chi connectivity index (χ1) is 38.2. The number of rotatable bonds is 17. The molecule has 15 nitrogen and oxygen atoms in total. The van der Waals surface area contributed by atoms with E-state index < -0.39 is 67.5 Å². The van der Waals surface area contributed by atoms with Crippen LogP contribution in [0.3, 0.4) is 0 Å². The molecular formula is C58H61F8N4NaO11. The Balaban J connectivity index is 0.000000231. The van der Waals surface area contributed by atoms with Gasteiger partial charge in [0, 0.05) is 71.3 Å². The number of hydrogen-bond acceptors (Lipinski definition) is 10. The van der Waals surface area contributed by atoms with Crippen molar-refractivity contribution in [1.29, 1.82) is 0 Å². The van der Waals surface area contributed by atoms with Gasteiger partial charge in [0.1, 0.15) is 24.8 Å². The molecular weight excluding hydrogens is 1100 g/mol. The Morgan fingerprint density at radius 2 is 0.951 bits per heavy atom. The van der Waals surface area contributed by atoms with Gasteiger partial charge < -0.3 is 44.4 Å². The second-order valence-corrected chi connectivity index (χ2v) is 21.0. The van der Waals surface area contributed by atoms with Crippen molar-refractivity contribution >= 4 is 46.9 Å². The Morgan fingerprint density at radius 3 is 1.29 bits per heavy atom. The quantitative estimate of drug-likeness (QED) is 0.0603. The molecule has 0 saturated heterocycles. The van der Waals surface area contributed by atoms with Gasteiger partial charge in [-0.1, -0.05) is 25.0 Å². The number of hydrogen-bond donors (Lipinski definition) is 1. The summed E-state index contributed by atoms with van der Waals surface area (Å²) in [5.74, 6) is -3.90. The van der Waals surface area contributed by atoms with Crippen molar-refractivity contribution in [2.75, 3.05) is 16.4 Å². The number of amides is 4. The maximum absolute atomic E-state index is 13.9. The maximum Gasteiger partial charge on any atom is 1.00 e. The third-order valence-corrected chi connectivity index (χ3v) is 15.8. The van der Waals surface area contributed by atoms with Crippen molar-refractivity contribution in [1.82, 2.24) is 9.80 Å². The number of carbonyl (C=O) groups excluding carboxylic acids is 5. The van der Waals surface area contributed by atoms with Crippen LogP contribution in [-0.2, 0) is 37.3 Å². The molecule has 436 valence electrons. The van der Waals surface area contributed by atoms with Crippen molar-refractivity contribution in [3.63, 3.8) is 0 Å². The first-order valence-electron chi connectivity index (χ1n) is 26.9. The van der Waals surface area contributed by atoms with Crippen LogP contribution in [0.2, 0.25) is 0 Å². The molecule has 4 aromatic carbocycles. The van der Waals surface area contributed by atoms with Crippen molar-refractivity contribution in [3.05, 3.63) is 118 Å². The standard InChI is InChI=1S/C30H32F4N2O5.C28H28F4N2O5.Na.H2O/c1-2-40-27(38)15-14-26(37)35(20-9-10-20)28-22-4-3-5-24(22)36(25-13-6-18(17-31)16-23(25)28)29(39)19-7-11-21(12-8-19)41-30(32,33)34;29-15-16-4-11-23-21(14-16)26(33(18-7-8-18)24(35)12-13-25(36)37)20-2-1-3-22(20)34(23)27(38)17-5-9-19(10-6-17)39-28(30,31)32;;/h6-8,11-13,16,20,22,24,28H,2-5,9-10,14-15,17H2,1H3;4-6,9-11,14,18,20,22,26H,1-3,7-8,12-13,15H2,(H,36,37);;1H2/q;;+1;/p-1. The van der Waals surface area contributed by atoms with Crippen LogP contribution >= 0.6 is 0 Å². The number of carboxylic acid groups (broad SMARTS) is 1. The van der Waals surface area contributed by atoms with Gasteiger partial charge in [-0.05, 0) is 153 Å². The fourth-order valence-corrected chi connectivity index (χ4v) is 12.3. The smallest absolute Gasteiger partial charge is 0.870 e. The summed E-state index contributed by atoms with van der Waals surface area (Å²) in [6.45, 7) is 0.477. The number of esters is 1. The number of fused-ring (bicyclic) bond motifs is 4. The first-order valence-corrected chi connectivity index (χ1v) is 26.9. The van der Waals surface area contributed by atoms with Gasteiger partial charge in [-0.3, -0.25) is 28.8 Å². The summed E-state index contributed by atoms with van der Waals surface area (Å²) in [6, 6.07) is 18.0. The van der Waals surface area contributed by atoms with Gasteiger partial charge in [-0.25, -0.2) is 8.78 Å². The van der Waals surface area contributed by atoms with E-state index in [2.05, 4.69) is 9.47 Å². The molecule has 4 saturated carbocycles. The third-order valence-electron chi connectivity index (χ3n) is 15.8. The van der Waals surface area contributed by atoms with E-state index in [1.54, 1.807) is 58.0 Å². The van der Waals surface area contributed by atoms with Crippen LogP contribution in [0.4, 0.5) is 46.5 Å². The minimum Gasteiger partial charge on any atom is -0.870 e. The van der Waals surface area contributed by atoms with Crippen LogP contribution in [0.1, 0.15) is 152 Å². The average Bonchev–Trinajstić information content (AvgIpc) is 3.68. The number of halogens is 8. The zero-order chi connectivity index (χ0) is 57.2. The first kappa shape index (κ1) is 63.3. The zero-order valence-corrected chi connectivity index (χ0v) is 47.1. The van der Waals surface area contributed by atoms with Gasteiger partial charge >= 0.3 is 54.2 Å². The Labute approximate surface area is 489 Å². The molecule has 6 unspecified atom stereocenters. The topological polar surface area (TPSA) is 193 Å². The Kier molecular flexibility index (Phi) is 20.5. The number of nitrogens with zero attached hydrogens (tertiary/aromatic N) is 4. The molecule has 4 fully saturated rings. The maximum atomic E-state index is 13.9. The summed E-state index contributed by atoms with van der Waals surface area (Å²) >= 11 is 0. The number of benzene rings is 4. The van der Waals surface area contributed by atoms with E-state index in [1.165, 1.54) is 24.3 Å². The van der Waals surface area contributed by atoms with E-state index in [1.807, 2.05) is 4.90 Å². The Hall–Kier alpha value is -6.30.